The largest absolute Gasteiger partial charge is 0.394 e. The van der Waals surface area contributed by atoms with Crippen molar-refractivity contribution < 1.29 is 4.39 Å². The van der Waals surface area contributed by atoms with Crippen LogP contribution in [0.5, 0.6) is 0 Å². The standard InChI is InChI=1S/C11H10FN3O2/c12-7-2-1-6(3-5(7)4-13)15-9-8(14)10(16)11(9)17/h1-3,15H,4,13-14H2. The monoisotopic (exact) mass is 235 g/mol. The average molecular weight is 235 g/mol. The molecule has 0 spiro atoms. The molecule has 0 aliphatic rings. The van der Waals surface area contributed by atoms with Gasteiger partial charge in [0.2, 0.25) is 0 Å². The van der Waals surface area contributed by atoms with Gasteiger partial charge in [0, 0.05) is 17.8 Å². The highest BCUT2D eigenvalue weighted by Crippen LogP contribution is 2.20. The molecule has 0 amide bonds. The van der Waals surface area contributed by atoms with Gasteiger partial charge in [-0.2, -0.15) is 0 Å². The number of benzene rings is 1. The first-order valence-corrected chi connectivity index (χ1v) is 4.89. The van der Waals surface area contributed by atoms with E-state index in [2.05, 4.69) is 5.32 Å². The van der Waals surface area contributed by atoms with Gasteiger partial charge >= 0.3 is 0 Å². The maximum absolute atomic E-state index is 13.2. The van der Waals surface area contributed by atoms with E-state index in [0.717, 1.165) is 0 Å². The second-order valence-electron chi connectivity index (χ2n) is 3.58. The number of halogens is 1. The highest BCUT2D eigenvalue weighted by molar-refractivity contribution is 5.76. The zero-order valence-corrected chi connectivity index (χ0v) is 8.79. The molecule has 17 heavy (non-hydrogen) atoms. The molecule has 0 unspecified atom stereocenters. The number of rotatable bonds is 3. The molecule has 0 bridgehead atoms. The zero-order valence-electron chi connectivity index (χ0n) is 8.79. The Bertz CT molecular complexity index is 644. The van der Waals surface area contributed by atoms with E-state index in [4.69, 9.17) is 11.5 Å². The SMILES string of the molecule is NCc1cc(Nc2c(N)c(=O)c2=O)ccc1F. The van der Waals surface area contributed by atoms with E-state index < -0.39 is 16.7 Å². The lowest BCUT2D eigenvalue weighted by Gasteiger charge is -2.11. The molecule has 2 aromatic carbocycles. The van der Waals surface area contributed by atoms with Crippen molar-refractivity contribution in [2.75, 3.05) is 11.1 Å². The third kappa shape index (κ3) is 1.78. The Balaban J connectivity index is 2.32. The number of hydrogen-bond acceptors (Lipinski definition) is 5. The maximum atomic E-state index is 13.2. The predicted molar refractivity (Wildman–Crippen MR) is 63.3 cm³/mol. The van der Waals surface area contributed by atoms with Crippen molar-refractivity contribution in [1.29, 1.82) is 0 Å². The Hall–Kier alpha value is -2.21. The molecular weight excluding hydrogens is 225 g/mol. The first-order valence-electron chi connectivity index (χ1n) is 4.89. The highest BCUT2D eigenvalue weighted by Gasteiger charge is 2.17. The summed E-state index contributed by atoms with van der Waals surface area (Å²) in [6, 6.07) is 4.13. The van der Waals surface area contributed by atoms with E-state index in [1.165, 1.54) is 18.2 Å². The lowest BCUT2D eigenvalue weighted by Crippen LogP contribution is -2.36. The second-order valence-corrected chi connectivity index (χ2v) is 3.58. The maximum Gasteiger partial charge on any atom is 0.253 e. The van der Waals surface area contributed by atoms with Gasteiger partial charge in [0.25, 0.3) is 10.9 Å². The third-order valence-electron chi connectivity index (χ3n) is 2.48. The van der Waals surface area contributed by atoms with Crippen LogP contribution in [-0.4, -0.2) is 0 Å². The van der Waals surface area contributed by atoms with Crippen molar-refractivity contribution in [3.8, 4) is 0 Å². The molecule has 2 rings (SSSR count). The van der Waals surface area contributed by atoms with E-state index >= 15 is 0 Å². The van der Waals surface area contributed by atoms with Crippen LogP contribution in [0.25, 0.3) is 0 Å². The highest BCUT2D eigenvalue weighted by atomic mass is 19.1. The molecule has 0 radical (unpaired) electrons. The third-order valence-corrected chi connectivity index (χ3v) is 2.48. The Morgan fingerprint density at radius 3 is 2.53 bits per heavy atom. The van der Waals surface area contributed by atoms with Gasteiger partial charge in [-0.15, -0.1) is 0 Å². The van der Waals surface area contributed by atoms with Gasteiger partial charge in [0.05, 0.1) is 0 Å². The van der Waals surface area contributed by atoms with Crippen molar-refractivity contribution in [1.82, 2.24) is 0 Å². The van der Waals surface area contributed by atoms with Gasteiger partial charge in [-0.05, 0) is 18.2 Å². The average Bonchev–Trinajstić information content (AvgIpc) is 2.36. The normalized spacial score (nSPS) is 10.7. The number of anilines is 3. The van der Waals surface area contributed by atoms with Crippen LogP contribution in [0, 0.1) is 5.82 Å². The Kier molecular flexibility index (Phi) is 2.64. The van der Waals surface area contributed by atoms with Crippen LogP contribution >= 0.6 is 0 Å². The summed E-state index contributed by atoms with van der Waals surface area (Å²) in [5, 5.41) is 2.67. The molecule has 0 heterocycles. The summed E-state index contributed by atoms with van der Waals surface area (Å²) in [4.78, 5) is 22.0. The quantitative estimate of drug-likeness (QED) is 0.660. The van der Waals surface area contributed by atoms with Gasteiger partial charge in [-0.3, -0.25) is 9.59 Å². The van der Waals surface area contributed by atoms with Crippen LogP contribution in [0.15, 0.2) is 27.8 Å². The molecule has 5 nitrogen and oxygen atoms in total. The minimum absolute atomic E-state index is 0.0444. The molecule has 0 aliphatic heterocycles. The van der Waals surface area contributed by atoms with Crippen molar-refractivity contribution in [2.45, 2.75) is 6.54 Å². The Labute approximate surface area is 95.6 Å². The number of nitrogen functional groups attached to an aromatic ring is 1. The van der Waals surface area contributed by atoms with Crippen molar-refractivity contribution >= 4 is 17.1 Å². The summed E-state index contributed by atoms with van der Waals surface area (Å²) in [6.07, 6.45) is 0. The topological polar surface area (TPSA) is 98.2 Å². The van der Waals surface area contributed by atoms with Crippen molar-refractivity contribution in [3.05, 3.63) is 50.0 Å². The molecule has 0 saturated heterocycles. The molecule has 0 atom stereocenters. The molecule has 2 aromatic rings. The van der Waals surface area contributed by atoms with E-state index in [9.17, 15) is 14.0 Å². The number of hydrogen-bond donors (Lipinski definition) is 3. The molecule has 6 heteroatoms. The van der Waals surface area contributed by atoms with Crippen LogP contribution in [-0.2, 0) is 6.54 Å². The second kappa shape index (κ2) is 3.99. The van der Waals surface area contributed by atoms with Crippen LogP contribution in [0.2, 0.25) is 0 Å². The van der Waals surface area contributed by atoms with Gasteiger partial charge < -0.3 is 16.8 Å². The van der Waals surface area contributed by atoms with E-state index in [1.807, 2.05) is 0 Å². The van der Waals surface area contributed by atoms with Crippen molar-refractivity contribution in [3.63, 3.8) is 0 Å². The minimum atomic E-state index is -0.700. The van der Waals surface area contributed by atoms with Crippen LogP contribution in [0.1, 0.15) is 5.56 Å². The first-order chi connectivity index (χ1) is 8.04. The Morgan fingerprint density at radius 2 is 1.94 bits per heavy atom. The summed E-state index contributed by atoms with van der Waals surface area (Å²) in [5.41, 5.74) is 10.1. The molecule has 0 saturated carbocycles. The van der Waals surface area contributed by atoms with Crippen LogP contribution in [0.4, 0.5) is 21.5 Å². The fourth-order valence-corrected chi connectivity index (χ4v) is 1.49. The summed E-state index contributed by atoms with van der Waals surface area (Å²) >= 11 is 0. The van der Waals surface area contributed by atoms with Gasteiger partial charge in [-0.1, -0.05) is 0 Å². The minimum Gasteiger partial charge on any atom is -0.394 e. The predicted octanol–water partition coefficient (Wildman–Crippen LogP) is 0.206. The Morgan fingerprint density at radius 1 is 1.24 bits per heavy atom. The fourth-order valence-electron chi connectivity index (χ4n) is 1.49. The molecule has 0 aromatic heterocycles. The smallest absolute Gasteiger partial charge is 0.253 e. The number of nitrogens with one attached hydrogen (secondary N) is 1. The molecule has 5 N–H and O–H groups in total. The lowest BCUT2D eigenvalue weighted by molar-refractivity contribution is 0.611. The van der Waals surface area contributed by atoms with E-state index in [1.54, 1.807) is 0 Å². The van der Waals surface area contributed by atoms with E-state index in [-0.39, 0.29) is 17.9 Å². The fraction of sp³-hybridized carbons (Fsp3) is 0.0909. The summed E-state index contributed by atoms with van der Waals surface area (Å²) < 4.78 is 13.2. The van der Waals surface area contributed by atoms with Crippen molar-refractivity contribution in [2.24, 2.45) is 5.73 Å². The zero-order chi connectivity index (χ0) is 12.6. The first kappa shape index (κ1) is 11.3. The van der Waals surface area contributed by atoms with Gasteiger partial charge in [0.15, 0.2) is 0 Å². The number of nitrogens with two attached hydrogens (primary N) is 2. The van der Waals surface area contributed by atoms with Gasteiger partial charge in [-0.25, -0.2) is 4.39 Å². The van der Waals surface area contributed by atoms with Crippen LogP contribution < -0.4 is 27.6 Å². The lowest BCUT2D eigenvalue weighted by atomic mass is 10.1. The van der Waals surface area contributed by atoms with E-state index in [0.29, 0.717) is 11.3 Å². The summed E-state index contributed by atoms with van der Waals surface area (Å²) in [7, 11) is 0. The molecule has 88 valence electrons. The summed E-state index contributed by atoms with van der Waals surface area (Å²) in [5.74, 6) is -0.420. The summed E-state index contributed by atoms with van der Waals surface area (Å²) in [6.45, 7) is 0.0444. The molecule has 0 fully saturated rings. The van der Waals surface area contributed by atoms with Gasteiger partial charge in [0.1, 0.15) is 17.2 Å². The molecule has 0 aliphatic carbocycles. The van der Waals surface area contributed by atoms with Crippen LogP contribution in [0.3, 0.4) is 0 Å². The molecular formula is C11H10FN3O2.